The molecule has 1 amide bonds. The van der Waals surface area contributed by atoms with E-state index in [1.165, 1.54) is 17.5 Å². The molecule has 2 aromatic rings. The number of sulfonamides is 1. The zero-order chi connectivity index (χ0) is 21.2. The van der Waals surface area contributed by atoms with E-state index in [9.17, 15) is 22.0 Å². The highest BCUT2D eigenvalue weighted by molar-refractivity contribution is 7.92. The van der Waals surface area contributed by atoms with Crippen LogP contribution >= 0.6 is 0 Å². The molecule has 0 bridgehead atoms. The smallest absolute Gasteiger partial charge is 0.241 e. The predicted octanol–water partition coefficient (Wildman–Crippen LogP) is 3.49. The highest BCUT2D eigenvalue weighted by Gasteiger charge is 2.25. The zero-order valence-corrected chi connectivity index (χ0v) is 17.2. The molecule has 1 N–H and O–H groups in total. The van der Waals surface area contributed by atoms with Crippen molar-refractivity contribution in [1.29, 1.82) is 0 Å². The molecule has 2 aromatic carbocycles. The molecular weight excluding hydrogens is 398 g/mol. The summed E-state index contributed by atoms with van der Waals surface area (Å²) in [7, 11) is -3.95. The number of amides is 1. The first-order chi connectivity index (χ1) is 13.6. The third kappa shape index (κ3) is 5.12. The minimum absolute atomic E-state index is 0.339. The number of hydrogen-bond acceptors (Lipinski definition) is 3. The molecule has 29 heavy (non-hydrogen) atoms. The van der Waals surface area contributed by atoms with Gasteiger partial charge in [0, 0.05) is 6.07 Å². The van der Waals surface area contributed by atoms with Gasteiger partial charge >= 0.3 is 0 Å². The summed E-state index contributed by atoms with van der Waals surface area (Å²) < 4.78 is 52.1. The summed E-state index contributed by atoms with van der Waals surface area (Å²) in [6.45, 7) is 1.21. The summed E-state index contributed by atoms with van der Waals surface area (Å²) in [5, 5.41) is 2.76. The summed E-state index contributed by atoms with van der Waals surface area (Å²) in [6, 6.07) is 8.31. The fraction of sp³-hybridized carbons (Fsp3) is 0.381. The molecular formula is C21H24F2N2O3S. The van der Waals surface area contributed by atoms with Gasteiger partial charge in [-0.25, -0.2) is 17.2 Å². The maximum atomic E-state index is 14.1. The van der Waals surface area contributed by atoms with Crippen molar-refractivity contribution in [2.24, 2.45) is 0 Å². The summed E-state index contributed by atoms with van der Waals surface area (Å²) in [6.07, 6.45) is 5.26. The molecule has 1 atom stereocenters. The van der Waals surface area contributed by atoms with E-state index < -0.39 is 34.1 Å². The molecule has 0 spiro atoms. The van der Waals surface area contributed by atoms with E-state index in [1.54, 1.807) is 0 Å². The van der Waals surface area contributed by atoms with Crippen molar-refractivity contribution in [3.63, 3.8) is 0 Å². The Morgan fingerprint density at radius 2 is 1.79 bits per heavy atom. The van der Waals surface area contributed by atoms with Gasteiger partial charge in [0.1, 0.15) is 18.2 Å². The highest BCUT2D eigenvalue weighted by Crippen LogP contribution is 2.25. The number of rotatable bonds is 6. The molecule has 156 valence electrons. The van der Waals surface area contributed by atoms with E-state index in [0.717, 1.165) is 43.2 Å². The molecule has 0 aliphatic heterocycles. The van der Waals surface area contributed by atoms with Crippen LogP contribution in [0, 0.1) is 11.6 Å². The van der Waals surface area contributed by atoms with Crippen molar-refractivity contribution >= 4 is 21.6 Å². The van der Waals surface area contributed by atoms with Crippen LogP contribution in [-0.2, 0) is 27.7 Å². The molecule has 0 saturated heterocycles. The molecule has 0 saturated carbocycles. The van der Waals surface area contributed by atoms with Gasteiger partial charge in [-0.3, -0.25) is 9.10 Å². The lowest BCUT2D eigenvalue weighted by molar-refractivity contribution is -0.120. The summed E-state index contributed by atoms with van der Waals surface area (Å²) >= 11 is 0. The van der Waals surface area contributed by atoms with Crippen LogP contribution in [-0.4, -0.2) is 27.1 Å². The number of benzene rings is 2. The summed E-state index contributed by atoms with van der Waals surface area (Å²) in [4.78, 5) is 12.5. The second-order valence-electron chi connectivity index (χ2n) is 7.39. The van der Waals surface area contributed by atoms with Crippen LogP contribution in [0.15, 0.2) is 36.4 Å². The fourth-order valence-corrected chi connectivity index (χ4v) is 4.45. The first kappa shape index (κ1) is 21.2. The van der Waals surface area contributed by atoms with Crippen LogP contribution in [0.1, 0.15) is 42.5 Å². The van der Waals surface area contributed by atoms with E-state index in [0.29, 0.717) is 10.4 Å². The first-order valence-corrected chi connectivity index (χ1v) is 11.3. The van der Waals surface area contributed by atoms with Gasteiger partial charge in [0.25, 0.3) is 0 Å². The minimum Gasteiger partial charge on any atom is -0.348 e. The number of nitrogens with one attached hydrogen (secondary N) is 1. The Bertz CT molecular complexity index is 1020. The Balaban J connectivity index is 1.75. The van der Waals surface area contributed by atoms with E-state index >= 15 is 0 Å². The van der Waals surface area contributed by atoms with Gasteiger partial charge in [-0.15, -0.1) is 0 Å². The minimum atomic E-state index is -3.95. The Hall–Kier alpha value is -2.48. The standard InChI is InChI=1S/C21H24F2N2O3S/c1-14(16-8-7-15-5-3-4-6-17(15)11-16)24-21(26)13-25(29(2,27)28)20-10-9-18(22)12-19(20)23/h7-12,14H,3-6,13H2,1-2H3,(H,24,26). The molecule has 0 radical (unpaired) electrons. The number of anilines is 1. The number of hydrogen-bond donors (Lipinski definition) is 1. The van der Waals surface area contributed by atoms with E-state index in [-0.39, 0.29) is 11.7 Å². The van der Waals surface area contributed by atoms with Crippen molar-refractivity contribution in [3.8, 4) is 0 Å². The average Bonchev–Trinajstić information content (AvgIpc) is 2.65. The largest absolute Gasteiger partial charge is 0.348 e. The lowest BCUT2D eigenvalue weighted by Crippen LogP contribution is -2.41. The average molecular weight is 422 g/mol. The maximum absolute atomic E-state index is 14.1. The molecule has 5 nitrogen and oxygen atoms in total. The quantitative estimate of drug-likeness (QED) is 0.775. The third-order valence-corrected chi connectivity index (χ3v) is 6.24. The van der Waals surface area contributed by atoms with Crippen molar-refractivity contribution < 1.29 is 22.0 Å². The molecule has 3 rings (SSSR count). The van der Waals surface area contributed by atoms with Crippen molar-refractivity contribution in [2.75, 3.05) is 17.1 Å². The Morgan fingerprint density at radius 3 is 2.45 bits per heavy atom. The topological polar surface area (TPSA) is 66.5 Å². The lowest BCUT2D eigenvalue weighted by Gasteiger charge is -2.24. The maximum Gasteiger partial charge on any atom is 0.241 e. The van der Waals surface area contributed by atoms with Gasteiger partial charge in [0.15, 0.2) is 0 Å². The Labute approximate surface area is 169 Å². The molecule has 1 aliphatic rings. The van der Waals surface area contributed by atoms with Gasteiger partial charge in [-0.05, 0) is 61.4 Å². The second-order valence-corrected chi connectivity index (χ2v) is 9.30. The van der Waals surface area contributed by atoms with Gasteiger partial charge in [-0.1, -0.05) is 18.2 Å². The normalized spacial score (nSPS) is 14.8. The van der Waals surface area contributed by atoms with Crippen LogP contribution in [0.5, 0.6) is 0 Å². The second kappa shape index (κ2) is 8.49. The molecule has 8 heteroatoms. The monoisotopic (exact) mass is 422 g/mol. The lowest BCUT2D eigenvalue weighted by atomic mass is 9.89. The van der Waals surface area contributed by atoms with E-state index in [2.05, 4.69) is 17.4 Å². The van der Waals surface area contributed by atoms with E-state index in [4.69, 9.17) is 0 Å². The number of nitrogens with zero attached hydrogens (tertiary/aromatic N) is 1. The molecule has 1 aliphatic carbocycles. The number of aryl methyl sites for hydroxylation is 2. The number of fused-ring (bicyclic) bond motifs is 1. The first-order valence-electron chi connectivity index (χ1n) is 9.49. The van der Waals surface area contributed by atoms with Gasteiger partial charge in [0.2, 0.25) is 15.9 Å². The van der Waals surface area contributed by atoms with Gasteiger partial charge in [-0.2, -0.15) is 0 Å². The Morgan fingerprint density at radius 1 is 1.10 bits per heavy atom. The van der Waals surface area contributed by atoms with Crippen LogP contribution in [0.25, 0.3) is 0 Å². The number of halogens is 2. The third-order valence-electron chi connectivity index (χ3n) is 5.12. The number of carbonyl (C=O) groups excluding carboxylic acids is 1. The molecule has 0 aromatic heterocycles. The summed E-state index contributed by atoms with van der Waals surface area (Å²) in [5.41, 5.74) is 3.16. The molecule has 1 unspecified atom stereocenters. The molecule has 0 heterocycles. The van der Waals surface area contributed by atoms with Crippen LogP contribution in [0.4, 0.5) is 14.5 Å². The van der Waals surface area contributed by atoms with Crippen LogP contribution in [0.3, 0.4) is 0 Å². The van der Waals surface area contributed by atoms with E-state index in [1.807, 2.05) is 13.0 Å². The fourth-order valence-electron chi connectivity index (χ4n) is 3.59. The van der Waals surface area contributed by atoms with Crippen molar-refractivity contribution in [2.45, 2.75) is 38.6 Å². The van der Waals surface area contributed by atoms with Gasteiger partial charge in [0.05, 0.1) is 18.0 Å². The SMILES string of the molecule is CC(NC(=O)CN(c1ccc(F)cc1F)S(C)(=O)=O)c1ccc2c(c1)CCCC2. The van der Waals surface area contributed by atoms with Crippen LogP contribution < -0.4 is 9.62 Å². The summed E-state index contributed by atoms with van der Waals surface area (Å²) in [5.74, 6) is -2.46. The van der Waals surface area contributed by atoms with Crippen molar-refractivity contribution in [1.82, 2.24) is 5.32 Å². The van der Waals surface area contributed by atoms with Crippen molar-refractivity contribution in [3.05, 3.63) is 64.7 Å². The number of carbonyl (C=O) groups is 1. The predicted molar refractivity (Wildman–Crippen MR) is 108 cm³/mol. The Kier molecular flexibility index (Phi) is 6.21. The highest BCUT2D eigenvalue weighted by atomic mass is 32.2. The zero-order valence-electron chi connectivity index (χ0n) is 16.4. The molecule has 0 fully saturated rings. The van der Waals surface area contributed by atoms with Crippen LogP contribution in [0.2, 0.25) is 0 Å². The van der Waals surface area contributed by atoms with Gasteiger partial charge < -0.3 is 5.32 Å².